The van der Waals surface area contributed by atoms with Gasteiger partial charge in [0.15, 0.2) is 0 Å². The van der Waals surface area contributed by atoms with Crippen LogP contribution in [0.5, 0.6) is 11.5 Å². The van der Waals surface area contributed by atoms with Crippen LogP contribution in [0.25, 0.3) is 50.2 Å². The maximum Gasteiger partial charge on any atom is 0.119 e. The molecule has 68 heavy (non-hydrogen) atoms. The maximum absolute atomic E-state index is 11.3. The molecule has 0 fully saturated rings. The van der Waals surface area contributed by atoms with Crippen molar-refractivity contribution in [3.63, 3.8) is 0 Å². The quantitative estimate of drug-likeness (QED) is 0.0696. The van der Waals surface area contributed by atoms with Gasteiger partial charge in [0, 0.05) is 71.2 Å². The number of phenols is 2. The van der Waals surface area contributed by atoms with Crippen molar-refractivity contribution in [3.8, 4) is 11.5 Å². The van der Waals surface area contributed by atoms with Gasteiger partial charge in [0.1, 0.15) is 11.5 Å². The molecule has 334 valence electrons. The van der Waals surface area contributed by atoms with E-state index in [1.807, 2.05) is 12.1 Å². The molecule has 4 heterocycles. The summed E-state index contributed by atoms with van der Waals surface area (Å²) in [5.74, 6) is 0.644. The number of rotatable bonds is 13. The first-order chi connectivity index (χ1) is 33.2. The number of hydrogen-bond acceptors (Lipinski definition) is 2. The fourth-order valence-electron chi connectivity index (χ4n) is 10.6. The number of H-pyrrole nitrogens is 4. The Hall–Kier alpha value is -7.96. The molecule has 0 bridgehead atoms. The van der Waals surface area contributed by atoms with Gasteiger partial charge in [-0.3, -0.25) is 0 Å². The molecule has 0 radical (unpaired) electrons. The van der Waals surface area contributed by atoms with Gasteiger partial charge in [0.2, 0.25) is 0 Å². The lowest BCUT2D eigenvalue weighted by Crippen LogP contribution is -1.93. The molecular formula is C62H54N4O2. The first kappa shape index (κ1) is 41.5. The normalized spacial score (nSPS) is 17.6. The second-order valence-corrected chi connectivity index (χ2v) is 19.4. The highest BCUT2D eigenvalue weighted by molar-refractivity contribution is 5.90. The van der Waals surface area contributed by atoms with Crippen molar-refractivity contribution in [2.45, 2.75) is 65.2 Å². The van der Waals surface area contributed by atoms with E-state index in [1.165, 1.54) is 89.7 Å². The van der Waals surface area contributed by atoms with Crippen LogP contribution in [0.1, 0.15) is 120 Å². The largest absolute Gasteiger partial charge is 0.508 e. The van der Waals surface area contributed by atoms with Crippen LogP contribution in [0.15, 0.2) is 175 Å². The SMILES string of the molecule is CC1=CC=C(c2ccc(C3=CC=C(Cc4ccc(C5=CC=C(c6ccc(Cc7ccc(C8=CC=C(c9ccc(C%10=CC=C(c%11ccc(C%12=CC=C(C)C%12)[nH]%11)C%10)[nH]9)C8)cc7O)[nH]6)C5)cc4O)C3)[nH]2)C1. The third-order valence-corrected chi connectivity index (χ3v) is 14.6. The van der Waals surface area contributed by atoms with Crippen LogP contribution in [-0.4, -0.2) is 30.1 Å². The van der Waals surface area contributed by atoms with Gasteiger partial charge in [-0.25, -0.2) is 0 Å². The number of aromatic hydroxyl groups is 2. The topological polar surface area (TPSA) is 104 Å². The van der Waals surface area contributed by atoms with Crippen LogP contribution in [0.3, 0.4) is 0 Å². The van der Waals surface area contributed by atoms with Crippen molar-refractivity contribution < 1.29 is 10.2 Å². The number of aromatic amines is 4. The van der Waals surface area contributed by atoms with E-state index in [0.29, 0.717) is 17.9 Å². The molecule has 6 aliphatic rings. The Bertz CT molecular complexity index is 3480. The average molecular weight is 887 g/mol. The standard InChI is InChI=1S/C62H54N4O2/c1-37-3-6-44(27-37)55-21-23-57(64-55)46-8-5-39(29-46)30-51-17-11-42(35-61(51)67)40-9-13-47(31-40)54-20-19-53(63-54)34-52-18-12-43(36-62(52)68)41-10-14-48(32-41)58-25-26-60(66-58)50-16-15-49(33-50)59-24-22-56(65-59)45-7-4-38(2)28-45/h3-26,35-36,63-68H,27-34H2,1-2H3. The highest BCUT2D eigenvalue weighted by Gasteiger charge is 2.22. The molecule has 6 aromatic rings. The molecule has 6 heteroatoms. The molecular weight excluding hydrogens is 833 g/mol. The lowest BCUT2D eigenvalue weighted by atomic mass is 9.96. The summed E-state index contributed by atoms with van der Waals surface area (Å²) in [6, 6.07) is 29.6. The van der Waals surface area contributed by atoms with Crippen LogP contribution in [-0.2, 0) is 12.8 Å². The van der Waals surface area contributed by atoms with E-state index in [9.17, 15) is 10.2 Å². The van der Waals surface area contributed by atoms with Gasteiger partial charge in [-0.05, 0) is 173 Å². The van der Waals surface area contributed by atoms with Crippen molar-refractivity contribution >= 4 is 50.2 Å². The fourth-order valence-corrected chi connectivity index (χ4v) is 10.6. The highest BCUT2D eigenvalue weighted by Crippen LogP contribution is 2.41. The summed E-state index contributed by atoms with van der Waals surface area (Å²) in [7, 11) is 0. The molecule has 0 spiro atoms. The molecule has 0 unspecified atom stereocenters. The fraction of sp³-hybridized carbons (Fsp3) is 0.161. The van der Waals surface area contributed by atoms with Crippen LogP contribution in [0.4, 0.5) is 0 Å². The minimum Gasteiger partial charge on any atom is -0.508 e. The average Bonchev–Trinajstić information content (AvgIpc) is 4.16. The summed E-state index contributed by atoms with van der Waals surface area (Å²) < 4.78 is 0. The van der Waals surface area contributed by atoms with Crippen molar-refractivity contribution in [2.24, 2.45) is 0 Å². The lowest BCUT2D eigenvalue weighted by molar-refractivity contribution is 0.468. The molecule has 0 saturated carbocycles. The van der Waals surface area contributed by atoms with Crippen molar-refractivity contribution in [3.05, 3.63) is 242 Å². The van der Waals surface area contributed by atoms with Crippen LogP contribution in [0, 0.1) is 0 Å². The van der Waals surface area contributed by atoms with Gasteiger partial charge < -0.3 is 30.1 Å². The Balaban J connectivity index is 0.614. The Morgan fingerprint density at radius 3 is 1.13 bits per heavy atom. The maximum atomic E-state index is 11.3. The number of benzene rings is 2. The van der Waals surface area contributed by atoms with E-state index in [4.69, 9.17) is 0 Å². The van der Waals surface area contributed by atoms with Gasteiger partial charge in [-0.1, -0.05) is 114 Å². The van der Waals surface area contributed by atoms with Crippen LogP contribution >= 0.6 is 0 Å². The summed E-state index contributed by atoms with van der Waals surface area (Å²) >= 11 is 0. The molecule has 6 aliphatic carbocycles. The zero-order chi connectivity index (χ0) is 45.9. The molecule has 0 atom stereocenters. The molecule has 0 saturated heterocycles. The molecule has 0 amide bonds. The van der Waals surface area contributed by atoms with Gasteiger partial charge in [0.25, 0.3) is 0 Å². The first-order valence-corrected chi connectivity index (χ1v) is 23.9. The Labute approximate surface area is 397 Å². The van der Waals surface area contributed by atoms with E-state index in [2.05, 4.69) is 179 Å². The third-order valence-electron chi connectivity index (χ3n) is 14.6. The number of phenolic OH excluding ortho intramolecular Hbond substituents is 2. The minimum absolute atomic E-state index is 0.306. The molecule has 4 aromatic heterocycles. The highest BCUT2D eigenvalue weighted by atomic mass is 16.3. The molecule has 6 N–H and O–H groups in total. The van der Waals surface area contributed by atoms with Gasteiger partial charge in [-0.15, -0.1) is 0 Å². The lowest BCUT2D eigenvalue weighted by Gasteiger charge is -2.11. The Kier molecular flexibility index (Phi) is 10.4. The summed E-state index contributed by atoms with van der Waals surface area (Å²) in [4.78, 5) is 14.6. The second kappa shape index (κ2) is 17.0. The first-order valence-electron chi connectivity index (χ1n) is 23.9. The third kappa shape index (κ3) is 8.17. The van der Waals surface area contributed by atoms with Crippen molar-refractivity contribution in [1.29, 1.82) is 0 Å². The minimum atomic E-state index is 0.306. The summed E-state index contributed by atoms with van der Waals surface area (Å²) in [6.45, 7) is 4.36. The van der Waals surface area contributed by atoms with E-state index in [-0.39, 0.29) is 0 Å². The zero-order valence-electron chi connectivity index (χ0n) is 38.6. The molecule has 2 aromatic carbocycles. The second-order valence-electron chi connectivity index (χ2n) is 19.4. The zero-order valence-corrected chi connectivity index (χ0v) is 38.6. The predicted octanol–water partition coefficient (Wildman–Crippen LogP) is 15.0. The van der Waals surface area contributed by atoms with Crippen molar-refractivity contribution in [2.75, 3.05) is 0 Å². The number of allylic oxidation sites excluding steroid dienone is 24. The number of aromatic nitrogens is 4. The van der Waals surface area contributed by atoms with E-state index in [0.717, 1.165) is 90.0 Å². The predicted molar refractivity (Wildman–Crippen MR) is 281 cm³/mol. The van der Waals surface area contributed by atoms with E-state index in [1.54, 1.807) is 0 Å². The van der Waals surface area contributed by atoms with Gasteiger partial charge >= 0.3 is 0 Å². The molecule has 0 aliphatic heterocycles. The summed E-state index contributed by atoms with van der Waals surface area (Å²) in [6.07, 6.45) is 33.1. The van der Waals surface area contributed by atoms with Crippen LogP contribution < -0.4 is 0 Å². The summed E-state index contributed by atoms with van der Waals surface area (Å²) in [5.41, 5.74) is 28.5. The Morgan fingerprint density at radius 2 is 0.691 bits per heavy atom. The van der Waals surface area contributed by atoms with E-state index < -0.39 is 0 Å². The van der Waals surface area contributed by atoms with E-state index >= 15 is 0 Å². The van der Waals surface area contributed by atoms with Gasteiger partial charge in [-0.2, -0.15) is 0 Å². The smallest absolute Gasteiger partial charge is 0.119 e. The van der Waals surface area contributed by atoms with Crippen molar-refractivity contribution in [1.82, 2.24) is 19.9 Å². The Morgan fingerprint density at radius 1 is 0.338 bits per heavy atom. The monoisotopic (exact) mass is 886 g/mol. The number of nitrogens with one attached hydrogen (secondary N) is 4. The summed E-state index contributed by atoms with van der Waals surface area (Å²) in [5, 5.41) is 22.4. The van der Waals surface area contributed by atoms with Crippen LogP contribution in [0.2, 0.25) is 0 Å². The number of hydrogen-bond donors (Lipinski definition) is 6. The molecule has 12 rings (SSSR count). The van der Waals surface area contributed by atoms with Gasteiger partial charge in [0.05, 0.1) is 0 Å². The molecule has 6 nitrogen and oxygen atoms in total.